The molecule has 1 atom stereocenters. The SMILES string of the molecule is CCCC(C)COc1cccc(S(=O)(=O)N(C)C)c1N. The lowest BCUT2D eigenvalue weighted by Gasteiger charge is -2.17. The number of nitrogens with zero attached hydrogens (tertiary/aromatic N) is 1. The normalized spacial score (nSPS) is 13.4. The van der Waals surface area contributed by atoms with Gasteiger partial charge in [0.2, 0.25) is 10.0 Å². The number of sulfonamides is 1. The first-order valence-electron chi connectivity index (χ1n) is 6.74. The maximum Gasteiger partial charge on any atom is 0.244 e. The standard InChI is InChI=1S/C14H24N2O3S/c1-5-7-11(2)10-19-12-8-6-9-13(14(12)15)20(17,18)16(3)4/h6,8-9,11H,5,7,10,15H2,1-4H3. The Bertz CT molecular complexity index is 541. The van der Waals surface area contributed by atoms with Crippen LogP contribution in [-0.4, -0.2) is 33.4 Å². The number of para-hydroxylation sites is 1. The summed E-state index contributed by atoms with van der Waals surface area (Å²) in [5.74, 6) is 0.837. The van der Waals surface area contributed by atoms with Crippen molar-refractivity contribution >= 4 is 15.7 Å². The number of anilines is 1. The highest BCUT2D eigenvalue weighted by molar-refractivity contribution is 7.89. The molecule has 0 heterocycles. The zero-order valence-electron chi connectivity index (χ0n) is 12.6. The molecule has 0 bridgehead atoms. The van der Waals surface area contributed by atoms with Crippen molar-refractivity contribution in [3.63, 3.8) is 0 Å². The predicted octanol–water partition coefficient (Wildman–Crippen LogP) is 2.33. The van der Waals surface area contributed by atoms with Crippen LogP contribution in [0.3, 0.4) is 0 Å². The second-order valence-electron chi connectivity index (χ2n) is 5.16. The van der Waals surface area contributed by atoms with Crippen LogP contribution in [0.1, 0.15) is 26.7 Å². The molecule has 6 heteroatoms. The highest BCUT2D eigenvalue weighted by Gasteiger charge is 2.22. The fourth-order valence-electron chi connectivity index (χ4n) is 1.88. The molecule has 1 aromatic rings. The van der Waals surface area contributed by atoms with E-state index < -0.39 is 10.0 Å². The lowest BCUT2D eigenvalue weighted by molar-refractivity contribution is 0.252. The maximum absolute atomic E-state index is 12.1. The van der Waals surface area contributed by atoms with Crippen LogP contribution in [0.2, 0.25) is 0 Å². The van der Waals surface area contributed by atoms with E-state index in [-0.39, 0.29) is 10.6 Å². The molecular weight excluding hydrogens is 276 g/mol. The molecule has 2 N–H and O–H groups in total. The van der Waals surface area contributed by atoms with E-state index in [1.165, 1.54) is 20.2 Å². The number of ether oxygens (including phenoxy) is 1. The van der Waals surface area contributed by atoms with E-state index in [1.54, 1.807) is 12.1 Å². The quantitative estimate of drug-likeness (QED) is 0.784. The van der Waals surface area contributed by atoms with Crippen LogP contribution in [0, 0.1) is 5.92 Å². The minimum Gasteiger partial charge on any atom is -0.491 e. The van der Waals surface area contributed by atoms with Gasteiger partial charge in [0.15, 0.2) is 0 Å². The van der Waals surface area contributed by atoms with Gasteiger partial charge in [-0.1, -0.05) is 26.3 Å². The topological polar surface area (TPSA) is 72.6 Å². The van der Waals surface area contributed by atoms with E-state index in [1.807, 2.05) is 0 Å². The number of benzene rings is 1. The number of rotatable bonds is 7. The second-order valence-corrected chi connectivity index (χ2v) is 7.28. The first kappa shape index (κ1) is 16.8. The van der Waals surface area contributed by atoms with Gasteiger partial charge in [-0.05, 0) is 24.5 Å². The van der Waals surface area contributed by atoms with Crippen molar-refractivity contribution in [1.82, 2.24) is 4.31 Å². The number of nitrogens with two attached hydrogens (primary N) is 1. The summed E-state index contributed by atoms with van der Waals surface area (Å²) in [7, 11) is -0.595. The largest absolute Gasteiger partial charge is 0.491 e. The Hall–Kier alpha value is -1.27. The maximum atomic E-state index is 12.1. The van der Waals surface area contributed by atoms with Crippen molar-refractivity contribution in [3.05, 3.63) is 18.2 Å². The van der Waals surface area contributed by atoms with E-state index in [0.717, 1.165) is 17.1 Å². The average molecular weight is 300 g/mol. The Kier molecular flexibility index (Phi) is 5.83. The van der Waals surface area contributed by atoms with E-state index >= 15 is 0 Å². The lowest BCUT2D eigenvalue weighted by Crippen LogP contribution is -2.23. The second kappa shape index (κ2) is 6.95. The monoisotopic (exact) mass is 300 g/mol. The van der Waals surface area contributed by atoms with Crippen LogP contribution >= 0.6 is 0 Å². The summed E-state index contributed by atoms with van der Waals surface area (Å²) in [5, 5.41) is 0. The van der Waals surface area contributed by atoms with E-state index in [0.29, 0.717) is 18.3 Å². The van der Waals surface area contributed by atoms with Crippen LogP contribution < -0.4 is 10.5 Å². The van der Waals surface area contributed by atoms with Crippen LogP contribution in [0.25, 0.3) is 0 Å². The first-order valence-corrected chi connectivity index (χ1v) is 8.18. The Labute approximate surface area is 121 Å². The molecule has 0 aromatic heterocycles. The fourth-order valence-corrected chi connectivity index (χ4v) is 2.90. The van der Waals surface area contributed by atoms with Gasteiger partial charge in [0.05, 0.1) is 12.3 Å². The van der Waals surface area contributed by atoms with Crippen LogP contribution in [0.15, 0.2) is 23.1 Å². The minimum absolute atomic E-state index is 0.0862. The van der Waals surface area contributed by atoms with Gasteiger partial charge in [-0.15, -0.1) is 0 Å². The lowest BCUT2D eigenvalue weighted by atomic mass is 10.1. The zero-order chi connectivity index (χ0) is 15.3. The number of hydrogen-bond acceptors (Lipinski definition) is 4. The molecule has 0 saturated heterocycles. The molecule has 114 valence electrons. The smallest absolute Gasteiger partial charge is 0.244 e. The third-order valence-electron chi connectivity index (χ3n) is 3.09. The summed E-state index contributed by atoms with van der Waals surface area (Å²) in [4.78, 5) is 0.0862. The molecule has 1 unspecified atom stereocenters. The predicted molar refractivity (Wildman–Crippen MR) is 81.3 cm³/mol. The Morgan fingerprint density at radius 3 is 2.55 bits per heavy atom. The van der Waals surface area contributed by atoms with Gasteiger partial charge in [0.25, 0.3) is 0 Å². The van der Waals surface area contributed by atoms with Crippen molar-refractivity contribution < 1.29 is 13.2 Å². The van der Waals surface area contributed by atoms with E-state index in [2.05, 4.69) is 13.8 Å². The molecule has 0 aliphatic carbocycles. The third kappa shape index (κ3) is 3.86. The summed E-state index contributed by atoms with van der Waals surface area (Å²) in [5.41, 5.74) is 6.11. The molecule has 5 nitrogen and oxygen atoms in total. The molecule has 1 aromatic carbocycles. The number of nitrogen functional groups attached to an aromatic ring is 1. The minimum atomic E-state index is -3.55. The van der Waals surface area contributed by atoms with Gasteiger partial charge in [0, 0.05) is 14.1 Å². The van der Waals surface area contributed by atoms with E-state index in [9.17, 15) is 8.42 Å². The fraction of sp³-hybridized carbons (Fsp3) is 0.571. The average Bonchev–Trinajstić information content (AvgIpc) is 2.37. The van der Waals surface area contributed by atoms with E-state index in [4.69, 9.17) is 10.5 Å². The van der Waals surface area contributed by atoms with Gasteiger partial charge in [-0.25, -0.2) is 12.7 Å². The highest BCUT2D eigenvalue weighted by atomic mass is 32.2. The Morgan fingerprint density at radius 1 is 1.35 bits per heavy atom. The molecule has 1 rings (SSSR count). The molecule has 0 radical (unpaired) electrons. The van der Waals surface area contributed by atoms with Gasteiger partial charge >= 0.3 is 0 Å². The zero-order valence-corrected chi connectivity index (χ0v) is 13.4. The first-order chi connectivity index (χ1) is 9.30. The van der Waals surface area contributed by atoms with Crippen molar-refractivity contribution in [1.29, 1.82) is 0 Å². The van der Waals surface area contributed by atoms with Crippen molar-refractivity contribution in [2.24, 2.45) is 5.92 Å². The summed E-state index contributed by atoms with van der Waals surface area (Å²) in [6.07, 6.45) is 2.16. The van der Waals surface area contributed by atoms with Gasteiger partial charge < -0.3 is 10.5 Å². The molecule has 0 saturated carbocycles. The molecule has 0 aliphatic heterocycles. The Balaban J connectivity index is 2.97. The number of hydrogen-bond donors (Lipinski definition) is 1. The summed E-state index contributed by atoms with van der Waals surface area (Å²) in [6, 6.07) is 4.84. The summed E-state index contributed by atoms with van der Waals surface area (Å²) < 4.78 is 31.1. The third-order valence-corrected chi connectivity index (χ3v) is 4.96. The molecular formula is C14H24N2O3S. The van der Waals surface area contributed by atoms with Gasteiger partial charge in [-0.2, -0.15) is 0 Å². The molecule has 0 aliphatic rings. The van der Waals surface area contributed by atoms with Crippen molar-refractivity contribution in [2.75, 3.05) is 26.4 Å². The molecule has 0 spiro atoms. The van der Waals surface area contributed by atoms with Crippen molar-refractivity contribution in [2.45, 2.75) is 31.6 Å². The van der Waals surface area contributed by atoms with Gasteiger partial charge in [-0.3, -0.25) is 0 Å². The van der Waals surface area contributed by atoms with Crippen LogP contribution in [-0.2, 0) is 10.0 Å². The Morgan fingerprint density at radius 2 is 2.00 bits per heavy atom. The van der Waals surface area contributed by atoms with Crippen LogP contribution in [0.4, 0.5) is 5.69 Å². The summed E-state index contributed by atoms with van der Waals surface area (Å²) >= 11 is 0. The highest BCUT2D eigenvalue weighted by Crippen LogP contribution is 2.30. The summed E-state index contributed by atoms with van der Waals surface area (Å²) in [6.45, 7) is 4.75. The van der Waals surface area contributed by atoms with Crippen LogP contribution in [0.5, 0.6) is 5.75 Å². The van der Waals surface area contributed by atoms with Crippen molar-refractivity contribution in [3.8, 4) is 5.75 Å². The molecule has 0 fully saturated rings. The molecule has 20 heavy (non-hydrogen) atoms. The van der Waals surface area contributed by atoms with Gasteiger partial charge in [0.1, 0.15) is 10.6 Å². The molecule has 0 amide bonds.